The van der Waals surface area contributed by atoms with Crippen LogP contribution in [0.3, 0.4) is 0 Å². The fraction of sp³-hybridized carbons (Fsp3) is 0.222. The summed E-state index contributed by atoms with van der Waals surface area (Å²) in [5.74, 6) is -1.84. The van der Waals surface area contributed by atoms with Crippen molar-refractivity contribution in [3.63, 3.8) is 0 Å². The molecule has 0 saturated carbocycles. The number of hydrogen-bond donors (Lipinski definition) is 1. The highest BCUT2D eigenvalue weighted by Gasteiger charge is 2.06. The van der Waals surface area contributed by atoms with Gasteiger partial charge >= 0.3 is 0 Å². The number of hydrogen-bond acceptors (Lipinski definition) is 2. The molecule has 0 aliphatic carbocycles. The molecule has 0 heterocycles. The molecule has 0 aliphatic heterocycles. The van der Waals surface area contributed by atoms with E-state index in [1.165, 1.54) is 6.07 Å². The van der Waals surface area contributed by atoms with E-state index in [1.807, 2.05) is 0 Å². The first-order chi connectivity index (χ1) is 6.13. The summed E-state index contributed by atoms with van der Waals surface area (Å²) in [6.45, 7) is 0. The quantitative estimate of drug-likeness (QED) is 0.759. The summed E-state index contributed by atoms with van der Waals surface area (Å²) < 4.78 is 25.1. The summed E-state index contributed by atoms with van der Waals surface area (Å²) in [6, 6.07) is 2.62. The molecular weight excluding hydrogens is 176 g/mol. The molecule has 0 fully saturated rings. The maximum atomic E-state index is 12.6. The Morgan fingerprint density at radius 2 is 2.08 bits per heavy atom. The molecule has 1 radical (unpaired) electrons. The maximum absolute atomic E-state index is 12.6. The van der Waals surface area contributed by atoms with E-state index in [1.54, 1.807) is 6.29 Å². The highest BCUT2D eigenvalue weighted by Crippen LogP contribution is 2.09. The first-order valence-corrected chi connectivity index (χ1v) is 3.70. The van der Waals surface area contributed by atoms with Crippen LogP contribution in [0.5, 0.6) is 0 Å². The number of nitrogens with two attached hydrogens (primary N) is 1. The van der Waals surface area contributed by atoms with E-state index >= 15 is 0 Å². The minimum Gasteiger partial charge on any atom is -0.321 e. The number of carbonyl (C=O) groups excluding carboxylic acids is 1. The van der Waals surface area contributed by atoms with Crippen LogP contribution in [-0.2, 0) is 11.2 Å². The maximum Gasteiger partial charge on any atom is 0.217 e. The topological polar surface area (TPSA) is 43.1 Å². The van der Waals surface area contributed by atoms with E-state index in [0.29, 0.717) is 5.56 Å². The van der Waals surface area contributed by atoms with Gasteiger partial charge in [-0.2, -0.15) is 0 Å². The first kappa shape index (κ1) is 9.80. The van der Waals surface area contributed by atoms with Crippen molar-refractivity contribution >= 4 is 6.29 Å². The first-order valence-electron chi connectivity index (χ1n) is 3.70. The van der Waals surface area contributed by atoms with Crippen LogP contribution in [0.2, 0.25) is 0 Å². The van der Waals surface area contributed by atoms with Crippen molar-refractivity contribution in [2.75, 3.05) is 0 Å². The molecule has 1 aromatic carbocycles. The van der Waals surface area contributed by atoms with Gasteiger partial charge in [-0.25, -0.2) is 8.78 Å². The third kappa shape index (κ3) is 2.59. The standard InChI is InChI=1S/C9H8F2NO/c10-8-2-1-6(4-9(8)11)3-7(12)5-13/h1-2,4,7H,3,12H2/t7-/m1/s1. The lowest BCUT2D eigenvalue weighted by Gasteiger charge is -2.03. The Hall–Kier alpha value is -1.29. The molecular formula is C9H8F2NO. The van der Waals surface area contributed by atoms with E-state index < -0.39 is 17.7 Å². The third-order valence-corrected chi connectivity index (χ3v) is 1.59. The fourth-order valence-corrected chi connectivity index (χ4v) is 0.962. The van der Waals surface area contributed by atoms with Gasteiger partial charge in [-0.05, 0) is 24.1 Å². The van der Waals surface area contributed by atoms with Gasteiger partial charge in [0.1, 0.15) is 0 Å². The molecule has 0 spiro atoms. The highest BCUT2D eigenvalue weighted by atomic mass is 19.2. The molecule has 2 N–H and O–H groups in total. The van der Waals surface area contributed by atoms with Crippen molar-refractivity contribution < 1.29 is 13.6 Å². The second kappa shape index (κ2) is 4.09. The Morgan fingerprint density at radius 1 is 1.38 bits per heavy atom. The van der Waals surface area contributed by atoms with Gasteiger partial charge in [0.2, 0.25) is 6.29 Å². The Kier molecular flexibility index (Phi) is 3.08. The summed E-state index contributed by atoms with van der Waals surface area (Å²) >= 11 is 0. The van der Waals surface area contributed by atoms with Crippen molar-refractivity contribution in [3.05, 3.63) is 35.4 Å². The Bertz CT molecular complexity index is 314. The van der Waals surface area contributed by atoms with Crippen LogP contribution in [0.25, 0.3) is 0 Å². The van der Waals surface area contributed by atoms with Crippen LogP contribution in [0, 0.1) is 11.6 Å². The van der Waals surface area contributed by atoms with Crippen LogP contribution >= 0.6 is 0 Å². The predicted octanol–water partition coefficient (Wildman–Crippen LogP) is 0.944. The summed E-state index contributed by atoms with van der Waals surface area (Å²) in [5.41, 5.74) is 5.73. The van der Waals surface area contributed by atoms with Gasteiger partial charge in [0.15, 0.2) is 11.6 Å². The smallest absolute Gasteiger partial charge is 0.217 e. The lowest BCUT2D eigenvalue weighted by Crippen LogP contribution is -2.24. The van der Waals surface area contributed by atoms with Crippen LogP contribution in [0.4, 0.5) is 8.78 Å². The van der Waals surface area contributed by atoms with Crippen molar-refractivity contribution in [2.24, 2.45) is 5.73 Å². The van der Waals surface area contributed by atoms with Crippen molar-refractivity contribution in [3.8, 4) is 0 Å². The molecule has 0 saturated heterocycles. The Morgan fingerprint density at radius 3 is 2.62 bits per heavy atom. The second-order valence-electron chi connectivity index (χ2n) is 2.68. The zero-order valence-corrected chi connectivity index (χ0v) is 6.76. The minimum absolute atomic E-state index is 0.167. The van der Waals surface area contributed by atoms with Crippen molar-refractivity contribution in [1.82, 2.24) is 0 Å². The summed E-state index contributed by atoms with van der Waals surface area (Å²) in [5, 5.41) is 0. The average Bonchev–Trinajstić information content (AvgIpc) is 2.11. The molecule has 1 aromatic rings. The lowest BCUT2D eigenvalue weighted by molar-refractivity contribution is 0.506. The molecule has 1 atom stereocenters. The minimum atomic E-state index is -0.935. The monoisotopic (exact) mass is 184 g/mol. The highest BCUT2D eigenvalue weighted by molar-refractivity contribution is 5.58. The largest absolute Gasteiger partial charge is 0.321 e. The van der Waals surface area contributed by atoms with Crippen LogP contribution in [0.1, 0.15) is 5.56 Å². The molecule has 4 heteroatoms. The van der Waals surface area contributed by atoms with Crippen molar-refractivity contribution in [2.45, 2.75) is 12.5 Å². The van der Waals surface area contributed by atoms with Crippen LogP contribution in [-0.4, -0.2) is 12.3 Å². The van der Waals surface area contributed by atoms with E-state index in [9.17, 15) is 13.6 Å². The second-order valence-corrected chi connectivity index (χ2v) is 2.68. The van der Waals surface area contributed by atoms with Gasteiger partial charge in [0.05, 0.1) is 6.04 Å². The van der Waals surface area contributed by atoms with Crippen LogP contribution in [0.15, 0.2) is 18.2 Å². The van der Waals surface area contributed by atoms with Gasteiger partial charge in [0.25, 0.3) is 0 Å². The molecule has 13 heavy (non-hydrogen) atoms. The molecule has 0 amide bonds. The summed E-state index contributed by atoms with van der Waals surface area (Å²) in [4.78, 5) is 10.0. The van der Waals surface area contributed by atoms with E-state index in [4.69, 9.17) is 5.73 Å². The molecule has 0 bridgehead atoms. The summed E-state index contributed by atoms with van der Waals surface area (Å²) in [7, 11) is 0. The number of halogens is 2. The molecule has 1 rings (SSSR count). The SMILES string of the molecule is N[C@@H]([C]=O)Cc1ccc(F)c(F)c1. The summed E-state index contributed by atoms with van der Waals surface area (Å²) in [6.07, 6.45) is 1.73. The number of benzene rings is 1. The van der Waals surface area contributed by atoms with E-state index in [2.05, 4.69) is 0 Å². The zero-order chi connectivity index (χ0) is 9.84. The van der Waals surface area contributed by atoms with E-state index in [-0.39, 0.29) is 6.42 Å². The van der Waals surface area contributed by atoms with E-state index in [0.717, 1.165) is 12.1 Å². The number of rotatable bonds is 3. The van der Waals surface area contributed by atoms with Gasteiger partial charge < -0.3 is 5.73 Å². The normalized spacial score (nSPS) is 12.5. The van der Waals surface area contributed by atoms with Gasteiger partial charge in [-0.1, -0.05) is 6.07 Å². The third-order valence-electron chi connectivity index (χ3n) is 1.59. The van der Waals surface area contributed by atoms with Gasteiger partial charge in [-0.3, -0.25) is 4.79 Å². The van der Waals surface area contributed by atoms with Gasteiger partial charge in [-0.15, -0.1) is 0 Å². The molecule has 0 unspecified atom stereocenters. The molecule has 0 aliphatic rings. The predicted molar refractivity (Wildman–Crippen MR) is 43.7 cm³/mol. The Balaban J connectivity index is 2.79. The van der Waals surface area contributed by atoms with Gasteiger partial charge in [0, 0.05) is 0 Å². The molecule has 69 valence electrons. The fourth-order valence-electron chi connectivity index (χ4n) is 0.962. The Labute approximate surface area is 74.4 Å². The average molecular weight is 184 g/mol. The molecule has 2 nitrogen and oxygen atoms in total. The zero-order valence-electron chi connectivity index (χ0n) is 6.76. The van der Waals surface area contributed by atoms with Crippen molar-refractivity contribution in [1.29, 1.82) is 0 Å². The molecule has 0 aromatic heterocycles. The van der Waals surface area contributed by atoms with Crippen LogP contribution < -0.4 is 5.73 Å². The lowest BCUT2D eigenvalue weighted by atomic mass is 10.1.